The Morgan fingerprint density at radius 3 is 2.35 bits per heavy atom. The number of benzene rings is 1. The Kier molecular flexibility index (Phi) is 2.70. The number of hydrogen-bond donors (Lipinski definition) is 0. The molecule has 86 valence electrons. The number of nitro benzene ring substituents is 1. The van der Waals surface area contributed by atoms with E-state index in [-0.39, 0.29) is 12.1 Å². The lowest BCUT2D eigenvalue weighted by atomic mass is 10.0. The topological polar surface area (TPSA) is 86.5 Å². The van der Waals surface area contributed by atoms with Gasteiger partial charge in [-0.3, -0.25) is 14.9 Å². The van der Waals surface area contributed by atoms with Crippen LogP contribution in [0.4, 0.5) is 5.69 Å². The molecule has 0 aliphatic carbocycles. The summed E-state index contributed by atoms with van der Waals surface area (Å²) < 4.78 is 4.34. The Balaban J connectivity index is 2.31. The number of nitrogens with zero attached hydrogens (tertiary/aromatic N) is 1. The summed E-state index contributed by atoms with van der Waals surface area (Å²) in [6.07, 6.45) is 1.20. The highest BCUT2D eigenvalue weighted by Crippen LogP contribution is 2.24. The molecule has 0 saturated carbocycles. The van der Waals surface area contributed by atoms with E-state index in [0.29, 0.717) is 11.1 Å². The molecule has 0 amide bonds. The molecule has 0 aromatic heterocycles. The second-order valence-electron chi connectivity index (χ2n) is 3.44. The Morgan fingerprint density at radius 2 is 1.82 bits per heavy atom. The Hall–Kier alpha value is -2.50. The van der Waals surface area contributed by atoms with Crippen molar-refractivity contribution < 1.29 is 19.2 Å². The van der Waals surface area contributed by atoms with Crippen LogP contribution in [0.2, 0.25) is 0 Å². The van der Waals surface area contributed by atoms with Gasteiger partial charge in [0.05, 0.1) is 11.3 Å². The van der Waals surface area contributed by atoms with E-state index >= 15 is 0 Å². The van der Waals surface area contributed by atoms with Gasteiger partial charge in [0.25, 0.3) is 5.69 Å². The number of rotatable bonds is 2. The number of nitro groups is 1. The van der Waals surface area contributed by atoms with Gasteiger partial charge in [0, 0.05) is 18.2 Å². The van der Waals surface area contributed by atoms with Gasteiger partial charge in [-0.1, -0.05) is 0 Å². The molecule has 1 aliphatic rings. The van der Waals surface area contributed by atoms with Crippen LogP contribution < -0.4 is 0 Å². The zero-order valence-corrected chi connectivity index (χ0v) is 8.58. The summed E-state index contributed by atoms with van der Waals surface area (Å²) in [6, 6.07) is 5.63. The van der Waals surface area contributed by atoms with Crippen molar-refractivity contribution in [1.29, 1.82) is 0 Å². The van der Waals surface area contributed by atoms with Crippen molar-refractivity contribution in [1.82, 2.24) is 0 Å². The van der Waals surface area contributed by atoms with Gasteiger partial charge in [-0.2, -0.15) is 0 Å². The number of non-ortho nitro benzene ring substituents is 1. The third-order valence-corrected chi connectivity index (χ3v) is 2.29. The van der Waals surface area contributed by atoms with Crippen molar-refractivity contribution in [2.45, 2.75) is 6.42 Å². The fourth-order valence-corrected chi connectivity index (χ4v) is 1.51. The van der Waals surface area contributed by atoms with E-state index in [4.69, 9.17) is 0 Å². The van der Waals surface area contributed by atoms with Crippen LogP contribution in [0.25, 0.3) is 5.57 Å². The number of esters is 2. The second-order valence-corrected chi connectivity index (χ2v) is 3.44. The number of carbonyl (C=O) groups excluding carboxylic acids is 2. The molecule has 6 heteroatoms. The number of ether oxygens (including phenoxy) is 1. The van der Waals surface area contributed by atoms with Crippen molar-refractivity contribution in [2.75, 3.05) is 0 Å². The maximum atomic E-state index is 11.0. The highest BCUT2D eigenvalue weighted by molar-refractivity contribution is 6.05. The minimum atomic E-state index is -0.713. The molecule has 0 N–H and O–H groups in total. The van der Waals surface area contributed by atoms with Crippen molar-refractivity contribution in [3.63, 3.8) is 0 Å². The summed E-state index contributed by atoms with van der Waals surface area (Å²) in [5, 5.41) is 10.5. The zero-order chi connectivity index (χ0) is 12.4. The van der Waals surface area contributed by atoms with E-state index in [2.05, 4.69) is 4.74 Å². The Labute approximate surface area is 95.7 Å². The van der Waals surface area contributed by atoms with Crippen LogP contribution in [0.3, 0.4) is 0 Å². The molecular formula is C11H7NO5. The minimum Gasteiger partial charge on any atom is -0.390 e. The third kappa shape index (κ3) is 2.36. The normalized spacial score (nSPS) is 15.2. The van der Waals surface area contributed by atoms with Crippen LogP contribution in [-0.4, -0.2) is 16.9 Å². The maximum Gasteiger partial charge on any atom is 0.338 e. The first kappa shape index (κ1) is 11.0. The van der Waals surface area contributed by atoms with Gasteiger partial charge in [-0.25, -0.2) is 4.79 Å². The van der Waals surface area contributed by atoms with Crippen LogP contribution in [-0.2, 0) is 14.3 Å². The first-order valence-corrected chi connectivity index (χ1v) is 4.76. The lowest BCUT2D eigenvalue weighted by Crippen LogP contribution is -2.16. The molecular weight excluding hydrogens is 226 g/mol. The van der Waals surface area contributed by atoms with Crippen molar-refractivity contribution in [2.24, 2.45) is 0 Å². The molecule has 0 saturated heterocycles. The zero-order valence-electron chi connectivity index (χ0n) is 8.58. The molecule has 2 rings (SSSR count). The van der Waals surface area contributed by atoms with Gasteiger partial charge in [-0.15, -0.1) is 0 Å². The molecule has 0 bridgehead atoms. The summed E-state index contributed by atoms with van der Waals surface area (Å²) in [5.74, 6) is -1.33. The summed E-state index contributed by atoms with van der Waals surface area (Å²) in [5.41, 5.74) is 1.06. The molecule has 1 aliphatic heterocycles. The van der Waals surface area contributed by atoms with E-state index in [1.807, 2.05) is 0 Å². The lowest BCUT2D eigenvalue weighted by Gasteiger charge is -2.11. The first-order valence-electron chi connectivity index (χ1n) is 4.76. The largest absolute Gasteiger partial charge is 0.390 e. The summed E-state index contributed by atoms with van der Waals surface area (Å²) in [4.78, 5) is 32.0. The quantitative estimate of drug-likeness (QED) is 0.334. The van der Waals surface area contributed by atoms with Gasteiger partial charge in [0.1, 0.15) is 0 Å². The van der Waals surface area contributed by atoms with E-state index in [0.717, 1.165) is 0 Å². The van der Waals surface area contributed by atoms with Gasteiger partial charge in [0.15, 0.2) is 0 Å². The summed E-state index contributed by atoms with van der Waals surface area (Å²) in [7, 11) is 0. The van der Waals surface area contributed by atoms with Crippen molar-refractivity contribution in [3.05, 3.63) is 46.0 Å². The highest BCUT2D eigenvalue weighted by atomic mass is 16.6. The molecule has 0 atom stereocenters. The maximum absolute atomic E-state index is 11.0. The van der Waals surface area contributed by atoms with Crippen LogP contribution in [0.1, 0.15) is 12.0 Å². The van der Waals surface area contributed by atoms with Crippen LogP contribution in [0.15, 0.2) is 30.3 Å². The predicted molar refractivity (Wildman–Crippen MR) is 56.8 cm³/mol. The van der Waals surface area contributed by atoms with E-state index in [1.165, 1.54) is 30.3 Å². The summed E-state index contributed by atoms with van der Waals surface area (Å²) >= 11 is 0. The minimum absolute atomic E-state index is 0.0104. The second kappa shape index (κ2) is 4.17. The number of carbonyl (C=O) groups is 2. The average Bonchev–Trinajstić information content (AvgIpc) is 2.28. The molecule has 0 unspecified atom stereocenters. The SMILES string of the molecule is O=C1C=C(c2ccc([N+](=O)[O-])cc2)CC(=O)O1. The molecule has 1 aromatic rings. The fraction of sp³-hybridized carbons (Fsp3) is 0.0909. The van der Waals surface area contributed by atoms with E-state index in [1.54, 1.807) is 0 Å². The number of hydrogen-bond acceptors (Lipinski definition) is 5. The van der Waals surface area contributed by atoms with E-state index in [9.17, 15) is 19.7 Å². The van der Waals surface area contributed by atoms with Crippen molar-refractivity contribution in [3.8, 4) is 0 Å². The predicted octanol–water partition coefficient (Wildman–Crippen LogP) is 1.45. The molecule has 1 heterocycles. The summed E-state index contributed by atoms with van der Waals surface area (Å²) in [6.45, 7) is 0. The Bertz CT molecular complexity index is 529. The molecule has 6 nitrogen and oxygen atoms in total. The van der Waals surface area contributed by atoms with Gasteiger partial charge in [-0.05, 0) is 23.3 Å². The fourth-order valence-electron chi connectivity index (χ4n) is 1.51. The molecule has 17 heavy (non-hydrogen) atoms. The highest BCUT2D eigenvalue weighted by Gasteiger charge is 2.20. The monoisotopic (exact) mass is 233 g/mol. The standard InChI is InChI=1S/C11H7NO5/c13-10-5-8(6-11(14)17-10)7-1-3-9(4-2-7)12(15)16/h1-5H,6H2. The van der Waals surface area contributed by atoms with Crippen molar-refractivity contribution >= 4 is 23.2 Å². The van der Waals surface area contributed by atoms with Crippen LogP contribution in [0, 0.1) is 10.1 Å². The first-order chi connectivity index (χ1) is 8.06. The van der Waals surface area contributed by atoms with Crippen LogP contribution >= 0.6 is 0 Å². The molecule has 0 fully saturated rings. The average molecular weight is 233 g/mol. The van der Waals surface area contributed by atoms with Gasteiger partial charge in [0.2, 0.25) is 0 Å². The van der Waals surface area contributed by atoms with Crippen LogP contribution in [0.5, 0.6) is 0 Å². The lowest BCUT2D eigenvalue weighted by molar-refractivity contribution is -0.384. The van der Waals surface area contributed by atoms with Gasteiger partial charge >= 0.3 is 11.9 Å². The third-order valence-electron chi connectivity index (χ3n) is 2.29. The molecule has 0 radical (unpaired) electrons. The van der Waals surface area contributed by atoms with Gasteiger partial charge < -0.3 is 4.74 Å². The molecule has 1 aromatic carbocycles. The number of cyclic esters (lactones) is 2. The molecule has 0 spiro atoms. The Morgan fingerprint density at radius 1 is 1.18 bits per heavy atom. The smallest absolute Gasteiger partial charge is 0.338 e. The van der Waals surface area contributed by atoms with E-state index < -0.39 is 16.9 Å².